The zero-order valence-electron chi connectivity index (χ0n) is 11.0. The van der Waals surface area contributed by atoms with Gasteiger partial charge in [0.1, 0.15) is 0 Å². The first-order valence-corrected chi connectivity index (χ1v) is 6.68. The second-order valence-corrected chi connectivity index (χ2v) is 5.92. The average Bonchev–Trinajstić information content (AvgIpc) is 2.88. The molecule has 1 aromatic heterocycles. The van der Waals surface area contributed by atoms with Crippen molar-refractivity contribution in [1.29, 1.82) is 0 Å². The molecular weight excluding hydrogens is 250 g/mol. The summed E-state index contributed by atoms with van der Waals surface area (Å²) in [4.78, 5) is 13.7. The molecular formula is C14H18F2N2O. The highest BCUT2D eigenvalue weighted by Gasteiger charge is 2.70. The summed E-state index contributed by atoms with van der Waals surface area (Å²) in [5.74, 6) is -2.43. The van der Waals surface area contributed by atoms with E-state index in [0.29, 0.717) is 32.5 Å². The molecule has 1 aliphatic heterocycles. The van der Waals surface area contributed by atoms with Crippen LogP contribution >= 0.6 is 0 Å². The van der Waals surface area contributed by atoms with E-state index in [9.17, 15) is 13.6 Å². The Bertz CT molecular complexity index is 545. The third-order valence-corrected chi connectivity index (χ3v) is 4.60. The molecule has 1 aromatic rings. The molecule has 19 heavy (non-hydrogen) atoms. The lowest BCUT2D eigenvalue weighted by Crippen LogP contribution is -2.36. The summed E-state index contributed by atoms with van der Waals surface area (Å²) in [6.45, 7) is 2.08. The number of hydrogen-bond acceptors (Lipinski definition) is 2. The molecule has 0 bridgehead atoms. The lowest BCUT2D eigenvalue weighted by atomic mass is 9.92. The van der Waals surface area contributed by atoms with Crippen molar-refractivity contribution in [3.63, 3.8) is 0 Å². The van der Waals surface area contributed by atoms with Crippen molar-refractivity contribution in [2.24, 2.45) is 12.5 Å². The van der Waals surface area contributed by atoms with Gasteiger partial charge in [0.05, 0.1) is 0 Å². The smallest absolute Gasteiger partial charge is 0.254 e. The largest absolute Gasteiger partial charge is 0.319 e. The number of hydrogen-bond donors (Lipinski definition) is 0. The SMILES string of the molecule is Cn1ccc(CN2CCC3(CC2)CC3(F)F)cc1=O. The Kier molecular flexibility index (Phi) is 2.78. The van der Waals surface area contributed by atoms with Crippen LogP contribution in [0.25, 0.3) is 0 Å². The fourth-order valence-electron chi connectivity index (χ4n) is 3.01. The van der Waals surface area contributed by atoms with Gasteiger partial charge in [-0.2, -0.15) is 0 Å². The van der Waals surface area contributed by atoms with E-state index in [2.05, 4.69) is 4.90 Å². The molecule has 2 fully saturated rings. The Morgan fingerprint density at radius 1 is 1.32 bits per heavy atom. The summed E-state index contributed by atoms with van der Waals surface area (Å²) in [5, 5.41) is 0. The lowest BCUT2D eigenvalue weighted by molar-refractivity contribution is 0.0300. The molecule has 1 saturated heterocycles. The van der Waals surface area contributed by atoms with Gasteiger partial charge >= 0.3 is 0 Å². The molecule has 1 spiro atoms. The van der Waals surface area contributed by atoms with Gasteiger partial charge in [-0.1, -0.05) is 0 Å². The Balaban J connectivity index is 1.61. The molecule has 0 N–H and O–H groups in total. The van der Waals surface area contributed by atoms with Gasteiger partial charge in [-0.15, -0.1) is 0 Å². The summed E-state index contributed by atoms with van der Waals surface area (Å²) in [6, 6.07) is 3.54. The summed E-state index contributed by atoms with van der Waals surface area (Å²) < 4.78 is 28.1. The maximum atomic E-state index is 13.3. The number of alkyl halides is 2. The molecule has 1 aliphatic carbocycles. The number of likely N-dealkylation sites (tertiary alicyclic amines) is 1. The van der Waals surface area contributed by atoms with Crippen molar-refractivity contribution in [1.82, 2.24) is 9.47 Å². The van der Waals surface area contributed by atoms with Crippen molar-refractivity contribution in [3.05, 3.63) is 34.2 Å². The van der Waals surface area contributed by atoms with Gasteiger partial charge in [-0.05, 0) is 37.6 Å². The normalized spacial score (nSPS) is 24.6. The molecule has 2 heterocycles. The summed E-state index contributed by atoms with van der Waals surface area (Å²) in [7, 11) is 1.71. The maximum Gasteiger partial charge on any atom is 0.254 e. The number of halogens is 2. The first-order valence-electron chi connectivity index (χ1n) is 6.68. The fourth-order valence-corrected chi connectivity index (χ4v) is 3.01. The molecule has 0 aromatic carbocycles. The first kappa shape index (κ1) is 12.8. The first-order chi connectivity index (χ1) is 8.92. The molecule has 104 valence electrons. The van der Waals surface area contributed by atoms with Crippen LogP contribution in [0.3, 0.4) is 0 Å². The molecule has 0 amide bonds. The quantitative estimate of drug-likeness (QED) is 0.819. The van der Waals surface area contributed by atoms with Crippen LogP contribution in [0.15, 0.2) is 23.1 Å². The van der Waals surface area contributed by atoms with E-state index < -0.39 is 11.3 Å². The zero-order valence-corrected chi connectivity index (χ0v) is 11.0. The number of nitrogens with zero attached hydrogens (tertiary/aromatic N) is 2. The minimum atomic E-state index is -2.43. The highest BCUT2D eigenvalue weighted by molar-refractivity contribution is 5.14. The summed E-state index contributed by atoms with van der Waals surface area (Å²) >= 11 is 0. The number of rotatable bonds is 2. The second kappa shape index (κ2) is 4.13. The molecule has 0 atom stereocenters. The van der Waals surface area contributed by atoms with E-state index in [1.165, 1.54) is 4.57 Å². The molecule has 0 radical (unpaired) electrons. The van der Waals surface area contributed by atoms with Crippen molar-refractivity contribution in [3.8, 4) is 0 Å². The minimum absolute atomic E-state index is 0.0281. The van der Waals surface area contributed by atoms with Gasteiger partial charge in [0.15, 0.2) is 0 Å². The minimum Gasteiger partial charge on any atom is -0.319 e. The predicted octanol–water partition coefficient (Wildman–Crippen LogP) is 2.01. The maximum absolute atomic E-state index is 13.3. The molecule has 1 saturated carbocycles. The Hall–Kier alpha value is -1.23. The van der Waals surface area contributed by atoms with Crippen LogP contribution in [0, 0.1) is 5.41 Å². The van der Waals surface area contributed by atoms with Gasteiger partial charge in [0.25, 0.3) is 11.5 Å². The number of piperidine rings is 1. The van der Waals surface area contributed by atoms with E-state index in [-0.39, 0.29) is 12.0 Å². The van der Waals surface area contributed by atoms with Crippen LogP contribution < -0.4 is 5.56 Å². The van der Waals surface area contributed by atoms with Crippen LogP contribution in [-0.2, 0) is 13.6 Å². The van der Waals surface area contributed by atoms with Crippen molar-refractivity contribution < 1.29 is 8.78 Å². The third kappa shape index (κ3) is 2.20. The van der Waals surface area contributed by atoms with Gasteiger partial charge in [-0.25, -0.2) is 8.78 Å². The molecule has 5 heteroatoms. The average molecular weight is 268 g/mol. The molecule has 2 aliphatic rings. The van der Waals surface area contributed by atoms with Crippen molar-refractivity contribution in [2.75, 3.05) is 13.1 Å². The lowest BCUT2D eigenvalue weighted by Gasteiger charge is -2.32. The highest BCUT2D eigenvalue weighted by Crippen LogP contribution is 2.65. The van der Waals surface area contributed by atoms with E-state index in [1.54, 1.807) is 19.3 Å². The Labute approximate surface area is 110 Å². The van der Waals surface area contributed by atoms with Crippen LogP contribution in [-0.4, -0.2) is 28.5 Å². The van der Waals surface area contributed by atoms with Crippen LogP contribution in [0.4, 0.5) is 8.78 Å². The molecule has 0 unspecified atom stereocenters. The van der Waals surface area contributed by atoms with E-state index in [1.807, 2.05) is 6.07 Å². The van der Waals surface area contributed by atoms with Crippen LogP contribution in [0.1, 0.15) is 24.8 Å². The summed E-state index contributed by atoms with van der Waals surface area (Å²) in [6.07, 6.45) is 2.97. The third-order valence-electron chi connectivity index (χ3n) is 4.60. The van der Waals surface area contributed by atoms with Gasteiger partial charge < -0.3 is 4.57 Å². The predicted molar refractivity (Wildman–Crippen MR) is 68.2 cm³/mol. The monoisotopic (exact) mass is 268 g/mol. The van der Waals surface area contributed by atoms with Gasteiger partial charge in [0, 0.05) is 37.7 Å². The number of pyridine rings is 1. The van der Waals surface area contributed by atoms with Crippen molar-refractivity contribution in [2.45, 2.75) is 31.7 Å². The Morgan fingerprint density at radius 3 is 2.47 bits per heavy atom. The zero-order chi connectivity index (χ0) is 13.7. The second-order valence-electron chi connectivity index (χ2n) is 5.92. The van der Waals surface area contributed by atoms with Gasteiger partial charge in [-0.3, -0.25) is 9.69 Å². The van der Waals surface area contributed by atoms with Crippen LogP contribution in [0.5, 0.6) is 0 Å². The topological polar surface area (TPSA) is 25.2 Å². The van der Waals surface area contributed by atoms with E-state index in [4.69, 9.17) is 0 Å². The molecule has 3 rings (SSSR count). The van der Waals surface area contributed by atoms with E-state index in [0.717, 1.165) is 5.56 Å². The Morgan fingerprint density at radius 2 is 1.95 bits per heavy atom. The van der Waals surface area contributed by atoms with Crippen molar-refractivity contribution >= 4 is 0 Å². The molecule has 3 nitrogen and oxygen atoms in total. The summed E-state index contributed by atoms with van der Waals surface area (Å²) in [5.41, 5.74) is 0.234. The standard InChI is InChI=1S/C14H18F2N2O/c1-17-5-2-11(8-12(17)19)9-18-6-3-13(4-7-18)10-14(13,15)16/h2,5,8H,3-4,6-7,9-10H2,1H3. The highest BCUT2D eigenvalue weighted by atomic mass is 19.3. The van der Waals surface area contributed by atoms with Crippen LogP contribution in [0.2, 0.25) is 0 Å². The van der Waals surface area contributed by atoms with E-state index >= 15 is 0 Å². The fraction of sp³-hybridized carbons (Fsp3) is 0.643. The number of aromatic nitrogens is 1. The number of aryl methyl sites for hydroxylation is 1. The van der Waals surface area contributed by atoms with Gasteiger partial charge in [0.2, 0.25) is 0 Å².